The minimum atomic E-state index is -4.45. The van der Waals surface area contributed by atoms with E-state index in [2.05, 4.69) is 4.90 Å². The predicted octanol–water partition coefficient (Wildman–Crippen LogP) is 4.59. The van der Waals surface area contributed by atoms with Gasteiger partial charge in [0.2, 0.25) is 5.91 Å². The van der Waals surface area contributed by atoms with Crippen LogP contribution in [0.3, 0.4) is 0 Å². The van der Waals surface area contributed by atoms with Crippen molar-refractivity contribution in [3.63, 3.8) is 0 Å². The lowest BCUT2D eigenvalue weighted by Gasteiger charge is -2.34. The van der Waals surface area contributed by atoms with E-state index in [-0.39, 0.29) is 17.7 Å². The number of carboxylic acids is 1. The molecule has 0 aromatic heterocycles. The average molecular weight is 508 g/mol. The van der Waals surface area contributed by atoms with E-state index in [0.717, 1.165) is 37.6 Å². The summed E-state index contributed by atoms with van der Waals surface area (Å²) in [4.78, 5) is 31.0. The van der Waals surface area contributed by atoms with Gasteiger partial charge in [-0.25, -0.2) is 0 Å². The Morgan fingerprint density at radius 3 is 2.22 bits per heavy atom. The maximum Gasteiger partial charge on any atom is 0.416 e. The smallest absolute Gasteiger partial charge is 0.416 e. The highest BCUT2D eigenvalue weighted by Gasteiger charge is 2.39. The highest BCUT2D eigenvalue weighted by molar-refractivity contribution is 5.80. The molecule has 4 aliphatic rings. The molecule has 1 saturated carbocycles. The van der Waals surface area contributed by atoms with Crippen molar-refractivity contribution in [1.29, 1.82) is 0 Å². The minimum Gasteiger partial charge on any atom is -0.481 e. The van der Waals surface area contributed by atoms with Crippen LogP contribution in [0.25, 0.3) is 0 Å². The molecule has 3 saturated heterocycles. The van der Waals surface area contributed by atoms with Crippen LogP contribution in [0.5, 0.6) is 0 Å². The van der Waals surface area contributed by atoms with Crippen molar-refractivity contribution in [1.82, 2.24) is 9.80 Å². The van der Waals surface area contributed by atoms with E-state index in [1.165, 1.54) is 31.7 Å². The van der Waals surface area contributed by atoms with Gasteiger partial charge in [-0.15, -0.1) is 0 Å². The molecule has 36 heavy (non-hydrogen) atoms. The third-order valence-corrected chi connectivity index (χ3v) is 8.89. The van der Waals surface area contributed by atoms with Gasteiger partial charge >= 0.3 is 12.1 Å². The summed E-state index contributed by atoms with van der Waals surface area (Å²) in [5.74, 6) is -1.11. The largest absolute Gasteiger partial charge is 0.481 e. The van der Waals surface area contributed by atoms with E-state index in [0.29, 0.717) is 50.7 Å². The molecule has 1 aromatic rings. The molecule has 198 valence electrons. The highest BCUT2D eigenvalue weighted by atomic mass is 19.4. The van der Waals surface area contributed by atoms with Crippen LogP contribution in [0.1, 0.15) is 68.4 Å². The molecule has 3 heterocycles. The lowest BCUT2D eigenvalue weighted by Crippen LogP contribution is -2.38. The van der Waals surface area contributed by atoms with Gasteiger partial charge in [-0.05, 0) is 62.8 Å². The predicted molar refractivity (Wildman–Crippen MR) is 130 cm³/mol. The molecule has 0 spiro atoms. The van der Waals surface area contributed by atoms with Gasteiger partial charge in [0, 0.05) is 50.4 Å². The van der Waals surface area contributed by atoms with Crippen LogP contribution in [0, 0.1) is 11.8 Å². The number of aliphatic carboxylic acids is 1. The zero-order valence-electron chi connectivity index (χ0n) is 20.7. The normalized spacial score (nSPS) is 26.8. The quantitative estimate of drug-likeness (QED) is 0.632. The molecule has 1 aliphatic carbocycles. The van der Waals surface area contributed by atoms with Gasteiger partial charge in [0.05, 0.1) is 17.4 Å². The van der Waals surface area contributed by atoms with Crippen molar-refractivity contribution >= 4 is 17.6 Å². The first-order chi connectivity index (χ1) is 17.2. The fourth-order valence-electron chi connectivity index (χ4n) is 6.77. The molecular formula is C27H36F3N3O3. The van der Waals surface area contributed by atoms with Gasteiger partial charge in [0.15, 0.2) is 0 Å². The van der Waals surface area contributed by atoms with Crippen LogP contribution in [0.4, 0.5) is 18.9 Å². The number of carbonyl (C=O) groups excluding carboxylic acids is 1. The van der Waals surface area contributed by atoms with E-state index in [9.17, 15) is 27.9 Å². The fraction of sp³-hybridized carbons (Fsp3) is 0.704. The van der Waals surface area contributed by atoms with Crippen molar-refractivity contribution in [2.45, 2.75) is 69.5 Å². The molecule has 1 N–H and O–H groups in total. The topological polar surface area (TPSA) is 64.1 Å². The van der Waals surface area contributed by atoms with Gasteiger partial charge in [-0.1, -0.05) is 18.9 Å². The van der Waals surface area contributed by atoms with E-state index < -0.39 is 23.6 Å². The Morgan fingerprint density at radius 1 is 0.861 bits per heavy atom. The molecule has 0 bridgehead atoms. The van der Waals surface area contributed by atoms with Crippen LogP contribution >= 0.6 is 0 Å². The number of nitrogens with zero attached hydrogens (tertiary/aromatic N) is 3. The Labute approximate surface area is 210 Å². The van der Waals surface area contributed by atoms with E-state index in [4.69, 9.17) is 0 Å². The summed E-state index contributed by atoms with van der Waals surface area (Å²) >= 11 is 0. The number of carbonyl (C=O) groups is 2. The first-order valence-corrected chi connectivity index (χ1v) is 13.4. The van der Waals surface area contributed by atoms with Gasteiger partial charge < -0.3 is 14.9 Å². The second-order valence-corrected chi connectivity index (χ2v) is 11.1. The first-order valence-electron chi connectivity index (χ1n) is 13.4. The average Bonchev–Trinajstić information content (AvgIpc) is 3.64. The summed E-state index contributed by atoms with van der Waals surface area (Å²) in [6, 6.07) is 4.56. The molecular weight excluding hydrogens is 471 g/mol. The Morgan fingerprint density at radius 2 is 1.56 bits per heavy atom. The molecule has 2 atom stereocenters. The molecule has 6 nitrogen and oxygen atoms in total. The van der Waals surface area contributed by atoms with Crippen LogP contribution in [-0.4, -0.2) is 72.1 Å². The molecule has 5 rings (SSSR count). The second-order valence-electron chi connectivity index (χ2n) is 11.1. The number of amides is 1. The molecule has 0 radical (unpaired) electrons. The van der Waals surface area contributed by atoms with Crippen molar-refractivity contribution < 1.29 is 27.9 Å². The van der Waals surface area contributed by atoms with Gasteiger partial charge in [0.25, 0.3) is 0 Å². The third kappa shape index (κ3) is 5.22. The summed E-state index contributed by atoms with van der Waals surface area (Å²) in [5.41, 5.74) is 0.692. The number of alkyl halides is 3. The summed E-state index contributed by atoms with van der Waals surface area (Å²) in [5, 5.41) is 9.31. The Balaban J connectivity index is 1.29. The molecule has 1 unspecified atom stereocenters. The van der Waals surface area contributed by atoms with Crippen molar-refractivity contribution in [2.75, 3.05) is 44.2 Å². The Hall–Kier alpha value is -2.29. The number of piperidine rings is 1. The Bertz CT molecular complexity index is 971. The van der Waals surface area contributed by atoms with Gasteiger partial charge in [0.1, 0.15) is 0 Å². The molecule has 1 amide bonds. The van der Waals surface area contributed by atoms with E-state index >= 15 is 0 Å². The van der Waals surface area contributed by atoms with Crippen LogP contribution in [0.2, 0.25) is 0 Å². The number of hydrogen-bond acceptors (Lipinski definition) is 4. The number of hydrogen-bond donors (Lipinski definition) is 1. The monoisotopic (exact) mass is 507 g/mol. The van der Waals surface area contributed by atoms with E-state index in [1.807, 2.05) is 9.80 Å². The second kappa shape index (κ2) is 10.2. The number of likely N-dealkylation sites (tertiary alicyclic amines) is 2. The number of carboxylic acid groups (broad SMARTS) is 1. The number of anilines is 1. The van der Waals surface area contributed by atoms with Crippen molar-refractivity contribution in [3.05, 3.63) is 29.3 Å². The van der Waals surface area contributed by atoms with Crippen LogP contribution in [0.15, 0.2) is 18.2 Å². The number of rotatable bonds is 5. The fourth-order valence-corrected chi connectivity index (χ4v) is 6.77. The SMILES string of the molecule is O=C(O)C1CCN(c2cc(C(F)(F)F)ccc2C2CCN(C(=O)[C@H]3CCN(C4CCCC4)C3)C2)CC1. The zero-order valence-corrected chi connectivity index (χ0v) is 20.7. The minimum absolute atomic E-state index is 0.0178. The summed E-state index contributed by atoms with van der Waals surface area (Å²) in [6.07, 6.45) is 3.01. The highest BCUT2D eigenvalue weighted by Crippen LogP contribution is 2.40. The number of benzene rings is 1. The Kier molecular flexibility index (Phi) is 7.21. The van der Waals surface area contributed by atoms with Crippen molar-refractivity contribution in [3.8, 4) is 0 Å². The van der Waals surface area contributed by atoms with Crippen molar-refractivity contribution in [2.24, 2.45) is 11.8 Å². The van der Waals surface area contributed by atoms with E-state index in [1.54, 1.807) is 6.07 Å². The third-order valence-electron chi connectivity index (χ3n) is 8.89. The summed E-state index contributed by atoms with van der Waals surface area (Å²) in [7, 11) is 0. The zero-order chi connectivity index (χ0) is 25.4. The van der Waals surface area contributed by atoms with Gasteiger partial charge in [-0.3, -0.25) is 14.5 Å². The molecule has 9 heteroatoms. The summed E-state index contributed by atoms with van der Waals surface area (Å²) < 4.78 is 40.6. The maximum atomic E-state index is 13.5. The molecule has 1 aromatic carbocycles. The van der Waals surface area contributed by atoms with Crippen LogP contribution < -0.4 is 4.90 Å². The first kappa shape index (κ1) is 25.4. The number of halogens is 3. The van der Waals surface area contributed by atoms with Gasteiger partial charge in [-0.2, -0.15) is 13.2 Å². The lowest BCUT2D eigenvalue weighted by atomic mass is 9.91. The summed E-state index contributed by atoms with van der Waals surface area (Å²) in [6.45, 7) is 3.80. The van der Waals surface area contributed by atoms with Crippen LogP contribution in [-0.2, 0) is 15.8 Å². The molecule has 3 aliphatic heterocycles. The molecule has 4 fully saturated rings. The lowest BCUT2D eigenvalue weighted by molar-refractivity contribution is -0.142. The standard InChI is InChI=1S/C27H36F3N3O3/c28-27(29,30)21-5-6-23(24(15-21)31-11-7-18(8-12-31)26(35)36)19-9-14-33(16-19)25(34)20-10-13-32(17-20)22-3-1-2-4-22/h5-6,15,18-20,22H,1-4,7-14,16-17H2,(H,35,36)/t19?,20-/m0/s1. The maximum absolute atomic E-state index is 13.5.